The molecular formula is C20H24N4O5. The van der Waals surface area contributed by atoms with Gasteiger partial charge in [0.2, 0.25) is 5.91 Å². The second-order valence-corrected chi connectivity index (χ2v) is 7.09. The van der Waals surface area contributed by atoms with Gasteiger partial charge in [0.1, 0.15) is 19.3 Å². The van der Waals surface area contributed by atoms with E-state index in [1.165, 1.54) is 7.11 Å². The molecule has 9 heteroatoms. The van der Waals surface area contributed by atoms with Crippen molar-refractivity contribution in [2.45, 2.75) is 19.0 Å². The third-order valence-electron chi connectivity index (χ3n) is 5.12. The van der Waals surface area contributed by atoms with Crippen LogP contribution < -0.4 is 14.8 Å². The molecule has 9 nitrogen and oxygen atoms in total. The molecule has 154 valence electrons. The standard InChI is InChI=1S/C20H24N4O5/c1-23-11-14(12-24-6-5-21-20(26)15(24)10-18(25)27-2)19(22-23)13-3-4-16-17(9-13)29-8-7-28-16/h3-4,9,11,15H,5-8,10,12H2,1-2H3,(H,21,26). The normalized spacial score (nSPS) is 19.0. The molecule has 2 aliphatic heterocycles. The lowest BCUT2D eigenvalue weighted by Gasteiger charge is -2.34. The van der Waals surface area contributed by atoms with E-state index < -0.39 is 12.0 Å². The number of benzene rings is 1. The van der Waals surface area contributed by atoms with Crippen LogP contribution in [0.3, 0.4) is 0 Å². The van der Waals surface area contributed by atoms with E-state index in [9.17, 15) is 9.59 Å². The van der Waals surface area contributed by atoms with Crippen LogP contribution in [-0.2, 0) is 27.9 Å². The number of fused-ring (bicyclic) bond motifs is 1. The summed E-state index contributed by atoms with van der Waals surface area (Å²) in [5.74, 6) is 0.858. The number of hydrogen-bond donors (Lipinski definition) is 1. The Morgan fingerprint density at radius 3 is 2.90 bits per heavy atom. The monoisotopic (exact) mass is 400 g/mol. The molecule has 1 amide bonds. The molecule has 29 heavy (non-hydrogen) atoms. The Balaban J connectivity index is 1.61. The second kappa shape index (κ2) is 8.12. The molecule has 1 aromatic heterocycles. The SMILES string of the molecule is COC(=O)CC1C(=O)NCCN1Cc1cn(C)nc1-c1ccc2c(c1)OCCO2. The van der Waals surface area contributed by atoms with Gasteiger partial charge in [-0.3, -0.25) is 19.2 Å². The molecule has 1 unspecified atom stereocenters. The fraction of sp³-hybridized carbons (Fsp3) is 0.450. The third-order valence-corrected chi connectivity index (χ3v) is 5.12. The van der Waals surface area contributed by atoms with Gasteiger partial charge in [0.25, 0.3) is 0 Å². The minimum atomic E-state index is -0.565. The van der Waals surface area contributed by atoms with Crippen molar-refractivity contribution in [3.8, 4) is 22.8 Å². The number of piperazine rings is 1. The van der Waals surface area contributed by atoms with Crippen molar-refractivity contribution in [3.63, 3.8) is 0 Å². The topological polar surface area (TPSA) is 94.9 Å². The van der Waals surface area contributed by atoms with Crippen LogP contribution in [0.5, 0.6) is 11.5 Å². The lowest BCUT2D eigenvalue weighted by molar-refractivity contribution is -0.146. The van der Waals surface area contributed by atoms with Crippen molar-refractivity contribution in [1.29, 1.82) is 0 Å². The largest absolute Gasteiger partial charge is 0.486 e. The molecule has 0 aliphatic carbocycles. The summed E-state index contributed by atoms with van der Waals surface area (Å²) in [6, 6.07) is 5.20. The van der Waals surface area contributed by atoms with E-state index in [0.717, 1.165) is 22.6 Å². The number of hydrogen-bond acceptors (Lipinski definition) is 7. The molecule has 4 rings (SSSR count). The maximum Gasteiger partial charge on any atom is 0.307 e. The number of esters is 1. The van der Waals surface area contributed by atoms with Crippen LogP contribution in [0, 0.1) is 0 Å². The highest BCUT2D eigenvalue weighted by Crippen LogP contribution is 2.35. The molecule has 1 aromatic carbocycles. The summed E-state index contributed by atoms with van der Waals surface area (Å²) < 4.78 is 17.8. The average Bonchev–Trinajstić information content (AvgIpc) is 3.10. The van der Waals surface area contributed by atoms with Gasteiger partial charge < -0.3 is 19.5 Å². The van der Waals surface area contributed by atoms with Crippen molar-refractivity contribution < 1.29 is 23.8 Å². The third kappa shape index (κ3) is 4.04. The summed E-state index contributed by atoms with van der Waals surface area (Å²) in [5, 5.41) is 7.44. The number of rotatable bonds is 5. The van der Waals surface area contributed by atoms with Gasteiger partial charge >= 0.3 is 5.97 Å². The molecule has 3 heterocycles. The van der Waals surface area contributed by atoms with Gasteiger partial charge in [-0.15, -0.1) is 0 Å². The highest BCUT2D eigenvalue weighted by Gasteiger charge is 2.32. The van der Waals surface area contributed by atoms with Gasteiger partial charge in [-0.25, -0.2) is 0 Å². The minimum absolute atomic E-state index is 0.0158. The van der Waals surface area contributed by atoms with E-state index in [-0.39, 0.29) is 12.3 Å². The molecule has 0 bridgehead atoms. The van der Waals surface area contributed by atoms with Crippen LogP contribution in [0.4, 0.5) is 0 Å². The lowest BCUT2D eigenvalue weighted by atomic mass is 10.0. The average molecular weight is 400 g/mol. The summed E-state index contributed by atoms with van der Waals surface area (Å²) in [6.45, 7) is 2.73. The molecule has 1 saturated heterocycles. The van der Waals surface area contributed by atoms with Gasteiger partial charge in [0, 0.05) is 44.0 Å². The smallest absolute Gasteiger partial charge is 0.307 e. The number of methoxy groups -OCH3 is 1. The number of carbonyl (C=O) groups excluding carboxylic acids is 2. The summed E-state index contributed by atoms with van der Waals surface area (Å²) in [6.07, 6.45) is 1.95. The first-order valence-corrected chi connectivity index (χ1v) is 9.56. The fourth-order valence-corrected chi connectivity index (χ4v) is 3.72. The maximum atomic E-state index is 12.4. The molecule has 0 saturated carbocycles. The van der Waals surface area contributed by atoms with Crippen molar-refractivity contribution in [2.75, 3.05) is 33.4 Å². The molecule has 0 radical (unpaired) electrons. The minimum Gasteiger partial charge on any atom is -0.486 e. The lowest BCUT2D eigenvalue weighted by Crippen LogP contribution is -2.55. The molecule has 1 atom stereocenters. The van der Waals surface area contributed by atoms with Gasteiger partial charge in [-0.1, -0.05) is 0 Å². The zero-order valence-corrected chi connectivity index (χ0v) is 16.5. The summed E-state index contributed by atoms with van der Waals surface area (Å²) >= 11 is 0. The highest BCUT2D eigenvalue weighted by molar-refractivity contribution is 5.87. The molecule has 2 aromatic rings. The van der Waals surface area contributed by atoms with Crippen molar-refractivity contribution >= 4 is 11.9 Å². The van der Waals surface area contributed by atoms with Crippen molar-refractivity contribution in [1.82, 2.24) is 20.0 Å². The van der Waals surface area contributed by atoms with Crippen LogP contribution in [0.25, 0.3) is 11.3 Å². The number of nitrogens with zero attached hydrogens (tertiary/aromatic N) is 3. The predicted octanol–water partition coefficient (Wildman–Crippen LogP) is 0.722. The van der Waals surface area contributed by atoms with E-state index in [1.807, 2.05) is 36.3 Å². The Hall–Kier alpha value is -3.07. The second-order valence-electron chi connectivity index (χ2n) is 7.09. The van der Waals surface area contributed by atoms with E-state index in [1.54, 1.807) is 4.68 Å². The number of aryl methyl sites for hydroxylation is 1. The van der Waals surface area contributed by atoms with Crippen molar-refractivity contribution in [2.24, 2.45) is 7.05 Å². The van der Waals surface area contributed by atoms with Crippen LogP contribution >= 0.6 is 0 Å². The number of aromatic nitrogens is 2. The van der Waals surface area contributed by atoms with E-state index in [2.05, 4.69) is 10.4 Å². The fourth-order valence-electron chi connectivity index (χ4n) is 3.72. The number of nitrogens with one attached hydrogen (secondary N) is 1. The molecule has 1 fully saturated rings. The summed E-state index contributed by atoms with van der Waals surface area (Å²) in [5.41, 5.74) is 2.69. The molecule has 0 spiro atoms. The van der Waals surface area contributed by atoms with Gasteiger partial charge in [0.15, 0.2) is 11.5 Å². The molecular weight excluding hydrogens is 376 g/mol. The summed E-state index contributed by atoms with van der Waals surface area (Å²) in [7, 11) is 3.19. The van der Waals surface area contributed by atoms with Crippen LogP contribution in [-0.4, -0.2) is 66.0 Å². The first-order valence-electron chi connectivity index (χ1n) is 9.56. The Labute approximate surface area is 168 Å². The van der Waals surface area contributed by atoms with Crippen molar-refractivity contribution in [3.05, 3.63) is 30.0 Å². The van der Waals surface area contributed by atoms with Crippen LogP contribution in [0.2, 0.25) is 0 Å². The zero-order chi connectivity index (χ0) is 20.4. The first kappa shape index (κ1) is 19.3. The molecule has 1 N–H and O–H groups in total. The van der Waals surface area contributed by atoms with Gasteiger partial charge in [-0.05, 0) is 18.2 Å². The highest BCUT2D eigenvalue weighted by atomic mass is 16.6. The Morgan fingerprint density at radius 1 is 1.31 bits per heavy atom. The van der Waals surface area contributed by atoms with E-state index in [0.29, 0.717) is 38.6 Å². The maximum absolute atomic E-state index is 12.4. The molecule has 2 aliphatic rings. The Kier molecular flexibility index (Phi) is 5.39. The number of ether oxygens (including phenoxy) is 3. The van der Waals surface area contributed by atoms with Crippen LogP contribution in [0.15, 0.2) is 24.4 Å². The van der Waals surface area contributed by atoms with Crippen LogP contribution in [0.1, 0.15) is 12.0 Å². The van der Waals surface area contributed by atoms with E-state index in [4.69, 9.17) is 14.2 Å². The van der Waals surface area contributed by atoms with Gasteiger partial charge in [-0.2, -0.15) is 5.10 Å². The number of carbonyl (C=O) groups is 2. The van der Waals surface area contributed by atoms with E-state index >= 15 is 0 Å². The van der Waals surface area contributed by atoms with Gasteiger partial charge in [0.05, 0.1) is 19.2 Å². The Bertz CT molecular complexity index is 926. The Morgan fingerprint density at radius 2 is 2.10 bits per heavy atom. The zero-order valence-electron chi connectivity index (χ0n) is 16.5. The quantitative estimate of drug-likeness (QED) is 0.739. The predicted molar refractivity (Wildman–Crippen MR) is 103 cm³/mol. The first-order chi connectivity index (χ1) is 14.0. The summed E-state index contributed by atoms with van der Waals surface area (Å²) in [4.78, 5) is 26.1. The number of amides is 1.